The van der Waals surface area contributed by atoms with Gasteiger partial charge in [-0.1, -0.05) is 35.4 Å². The van der Waals surface area contributed by atoms with Gasteiger partial charge in [0.2, 0.25) is 5.91 Å². The Morgan fingerprint density at radius 1 is 1.16 bits per heavy atom. The van der Waals surface area contributed by atoms with E-state index in [9.17, 15) is 22.8 Å². The lowest BCUT2D eigenvalue weighted by molar-refractivity contribution is -0.143. The molecular weight excluding hydrogens is 433 g/mol. The number of benzene rings is 2. The maximum atomic E-state index is 13.8. The molecule has 3 aromatic rings. The fourth-order valence-electron chi connectivity index (χ4n) is 2.91. The minimum absolute atomic E-state index is 0.0543. The number of halogens is 4. The first-order valence-corrected chi connectivity index (χ1v) is 9.47. The summed E-state index contributed by atoms with van der Waals surface area (Å²) < 4.78 is 42.0. The van der Waals surface area contributed by atoms with E-state index in [-0.39, 0.29) is 10.7 Å². The van der Waals surface area contributed by atoms with Gasteiger partial charge in [0, 0.05) is 17.8 Å². The quantitative estimate of drug-likeness (QED) is 0.619. The number of carbonyl (C=O) groups is 2. The van der Waals surface area contributed by atoms with Crippen LogP contribution >= 0.6 is 11.6 Å². The van der Waals surface area contributed by atoms with Gasteiger partial charge in [0.1, 0.15) is 0 Å². The first kappa shape index (κ1) is 22.4. The molecule has 0 atom stereocenters. The number of amides is 2. The first-order valence-electron chi connectivity index (χ1n) is 9.09. The molecule has 0 aliphatic rings. The molecule has 0 bridgehead atoms. The van der Waals surface area contributed by atoms with Gasteiger partial charge < -0.3 is 10.2 Å². The highest BCUT2D eigenvalue weighted by Crippen LogP contribution is 2.34. The molecule has 0 aliphatic carbocycles. The van der Waals surface area contributed by atoms with E-state index in [0.29, 0.717) is 10.4 Å². The molecule has 6 nitrogen and oxygen atoms in total. The summed E-state index contributed by atoms with van der Waals surface area (Å²) in [6.07, 6.45) is -4.03. The summed E-state index contributed by atoms with van der Waals surface area (Å²) in [5, 5.41) is 6.56. The van der Waals surface area contributed by atoms with Crippen LogP contribution in [-0.2, 0) is 11.0 Å². The second-order valence-corrected chi connectivity index (χ2v) is 7.31. The SMILES string of the molecule is Cc1ccc(NC(=O)CN(C)C(=O)c2cnn(-c3cccc(Cl)c3)c2C(F)(F)F)cc1. The van der Waals surface area contributed by atoms with Crippen LogP contribution < -0.4 is 5.32 Å². The summed E-state index contributed by atoms with van der Waals surface area (Å²) in [6, 6.07) is 12.6. The van der Waals surface area contributed by atoms with Gasteiger partial charge >= 0.3 is 6.18 Å². The molecule has 0 spiro atoms. The summed E-state index contributed by atoms with van der Waals surface area (Å²) in [7, 11) is 1.24. The fourth-order valence-corrected chi connectivity index (χ4v) is 3.10. The van der Waals surface area contributed by atoms with Crippen molar-refractivity contribution in [1.29, 1.82) is 0 Å². The van der Waals surface area contributed by atoms with Crippen LogP contribution in [0, 0.1) is 6.92 Å². The van der Waals surface area contributed by atoms with Crippen molar-refractivity contribution in [2.45, 2.75) is 13.1 Å². The predicted molar refractivity (Wildman–Crippen MR) is 110 cm³/mol. The number of nitrogens with zero attached hydrogens (tertiary/aromatic N) is 3. The highest BCUT2D eigenvalue weighted by molar-refractivity contribution is 6.30. The maximum Gasteiger partial charge on any atom is 0.434 e. The molecule has 1 N–H and O–H groups in total. The Kier molecular flexibility index (Phi) is 6.35. The molecule has 31 heavy (non-hydrogen) atoms. The van der Waals surface area contributed by atoms with Crippen molar-refractivity contribution in [3.05, 3.63) is 76.6 Å². The average molecular weight is 451 g/mol. The van der Waals surface area contributed by atoms with Crippen LogP contribution in [0.1, 0.15) is 21.6 Å². The van der Waals surface area contributed by atoms with Crippen molar-refractivity contribution >= 4 is 29.1 Å². The third-order valence-electron chi connectivity index (χ3n) is 4.38. The van der Waals surface area contributed by atoms with Crippen LogP contribution in [0.2, 0.25) is 5.02 Å². The summed E-state index contributed by atoms with van der Waals surface area (Å²) in [6.45, 7) is 1.45. The molecule has 1 heterocycles. The normalized spacial score (nSPS) is 11.3. The predicted octanol–water partition coefficient (Wildman–Crippen LogP) is 4.56. The van der Waals surface area contributed by atoms with E-state index in [4.69, 9.17) is 11.6 Å². The molecule has 0 radical (unpaired) electrons. The van der Waals surface area contributed by atoms with Gasteiger partial charge in [-0.05, 0) is 37.3 Å². The zero-order chi connectivity index (χ0) is 22.8. The van der Waals surface area contributed by atoms with E-state index in [2.05, 4.69) is 10.4 Å². The molecule has 0 aliphatic heterocycles. The van der Waals surface area contributed by atoms with Crippen LogP contribution in [0.4, 0.5) is 18.9 Å². The van der Waals surface area contributed by atoms with Gasteiger partial charge in [0.15, 0.2) is 5.69 Å². The number of aryl methyl sites for hydroxylation is 1. The highest BCUT2D eigenvalue weighted by atomic mass is 35.5. The number of hydrogen-bond acceptors (Lipinski definition) is 3. The second-order valence-electron chi connectivity index (χ2n) is 6.87. The Hall–Kier alpha value is -3.33. The molecule has 0 fully saturated rings. The number of aromatic nitrogens is 2. The second kappa shape index (κ2) is 8.81. The van der Waals surface area contributed by atoms with E-state index in [1.165, 1.54) is 31.3 Å². The van der Waals surface area contributed by atoms with Crippen LogP contribution in [0.25, 0.3) is 5.69 Å². The lowest BCUT2D eigenvalue weighted by Gasteiger charge is -2.18. The summed E-state index contributed by atoms with van der Waals surface area (Å²) in [5.41, 5.74) is -0.342. The van der Waals surface area contributed by atoms with Crippen molar-refractivity contribution in [3.8, 4) is 5.69 Å². The molecule has 1 aromatic heterocycles. The molecule has 2 amide bonds. The number of anilines is 1. The average Bonchev–Trinajstić information content (AvgIpc) is 3.15. The van der Waals surface area contributed by atoms with Crippen molar-refractivity contribution in [3.63, 3.8) is 0 Å². The van der Waals surface area contributed by atoms with Gasteiger partial charge in [0.25, 0.3) is 5.91 Å². The minimum Gasteiger partial charge on any atom is -0.332 e. The molecule has 2 aromatic carbocycles. The smallest absolute Gasteiger partial charge is 0.332 e. The standard InChI is InChI=1S/C21H18ClF3N4O2/c1-13-6-8-15(9-7-13)27-18(30)12-28(2)20(31)17-11-26-29(19(17)21(23,24)25)16-5-3-4-14(22)10-16/h3-11H,12H2,1-2H3,(H,27,30). The Bertz CT molecular complexity index is 1110. The maximum absolute atomic E-state index is 13.8. The van der Waals surface area contributed by atoms with Crippen LogP contribution in [0.5, 0.6) is 0 Å². The monoisotopic (exact) mass is 450 g/mol. The molecular formula is C21H18ClF3N4O2. The zero-order valence-corrected chi connectivity index (χ0v) is 17.3. The van der Waals surface area contributed by atoms with E-state index in [1.807, 2.05) is 6.92 Å². The van der Waals surface area contributed by atoms with E-state index in [0.717, 1.165) is 16.7 Å². The van der Waals surface area contributed by atoms with Crippen molar-refractivity contribution in [1.82, 2.24) is 14.7 Å². The summed E-state index contributed by atoms with van der Waals surface area (Å²) in [4.78, 5) is 25.9. The summed E-state index contributed by atoms with van der Waals surface area (Å²) in [5.74, 6) is -1.53. The molecule has 162 valence electrons. The van der Waals surface area contributed by atoms with Crippen molar-refractivity contribution in [2.24, 2.45) is 0 Å². The van der Waals surface area contributed by atoms with Crippen LogP contribution in [-0.4, -0.2) is 40.1 Å². The molecule has 10 heteroatoms. The third kappa shape index (κ3) is 5.24. The first-order chi connectivity index (χ1) is 14.6. The van der Waals surface area contributed by atoms with Crippen molar-refractivity contribution < 1.29 is 22.8 Å². The Balaban J connectivity index is 1.83. The Morgan fingerprint density at radius 3 is 2.45 bits per heavy atom. The number of carbonyl (C=O) groups excluding carboxylic acids is 2. The fraction of sp³-hybridized carbons (Fsp3) is 0.190. The number of nitrogens with one attached hydrogen (secondary N) is 1. The van der Waals surface area contributed by atoms with E-state index >= 15 is 0 Å². The Labute approximate surface area is 181 Å². The van der Waals surface area contributed by atoms with Crippen LogP contribution in [0.3, 0.4) is 0 Å². The largest absolute Gasteiger partial charge is 0.434 e. The summed E-state index contributed by atoms with van der Waals surface area (Å²) >= 11 is 5.87. The lowest BCUT2D eigenvalue weighted by atomic mass is 10.2. The van der Waals surface area contributed by atoms with Gasteiger partial charge in [-0.15, -0.1) is 0 Å². The van der Waals surface area contributed by atoms with Gasteiger partial charge in [0.05, 0.1) is 24.0 Å². The molecule has 0 unspecified atom stereocenters. The molecule has 0 saturated carbocycles. The van der Waals surface area contributed by atoms with Gasteiger partial charge in [-0.3, -0.25) is 9.59 Å². The van der Waals surface area contributed by atoms with Gasteiger partial charge in [-0.2, -0.15) is 18.3 Å². The number of rotatable bonds is 5. The third-order valence-corrected chi connectivity index (χ3v) is 4.62. The number of alkyl halides is 3. The van der Waals surface area contributed by atoms with E-state index in [1.54, 1.807) is 24.3 Å². The molecule has 0 saturated heterocycles. The van der Waals surface area contributed by atoms with Gasteiger partial charge in [-0.25, -0.2) is 4.68 Å². The number of hydrogen-bond donors (Lipinski definition) is 1. The molecule has 3 rings (SSSR count). The van der Waals surface area contributed by atoms with Crippen LogP contribution in [0.15, 0.2) is 54.7 Å². The van der Waals surface area contributed by atoms with Crippen molar-refractivity contribution in [2.75, 3.05) is 18.9 Å². The Morgan fingerprint density at radius 2 is 1.84 bits per heavy atom. The topological polar surface area (TPSA) is 67.2 Å². The number of likely N-dealkylation sites (N-methyl/N-ethyl adjacent to an activating group) is 1. The van der Waals surface area contributed by atoms with E-state index < -0.39 is 35.8 Å². The lowest BCUT2D eigenvalue weighted by Crippen LogP contribution is -2.35. The zero-order valence-electron chi connectivity index (χ0n) is 16.6. The highest BCUT2D eigenvalue weighted by Gasteiger charge is 2.41. The minimum atomic E-state index is -4.87.